The van der Waals surface area contributed by atoms with Crippen molar-refractivity contribution < 1.29 is 4.79 Å². The highest BCUT2D eigenvalue weighted by atomic mass is 35.5. The molecule has 27 heavy (non-hydrogen) atoms. The van der Waals surface area contributed by atoms with Crippen molar-refractivity contribution in [2.75, 3.05) is 11.4 Å². The van der Waals surface area contributed by atoms with Crippen LogP contribution in [0.3, 0.4) is 0 Å². The van der Waals surface area contributed by atoms with Gasteiger partial charge in [-0.1, -0.05) is 30.7 Å². The molecule has 2 aromatic rings. The fourth-order valence-electron chi connectivity index (χ4n) is 4.05. The summed E-state index contributed by atoms with van der Waals surface area (Å²) in [5.74, 6) is 0.200. The zero-order valence-corrected chi connectivity index (χ0v) is 17.0. The van der Waals surface area contributed by atoms with Gasteiger partial charge in [0.2, 0.25) is 0 Å². The first kappa shape index (κ1) is 19.4. The van der Waals surface area contributed by atoms with Crippen molar-refractivity contribution in [1.29, 1.82) is 0 Å². The lowest BCUT2D eigenvalue weighted by Crippen LogP contribution is -2.48. The van der Waals surface area contributed by atoms with Gasteiger partial charge in [-0.2, -0.15) is 5.10 Å². The minimum Gasteiger partial charge on any atom is -0.366 e. The summed E-state index contributed by atoms with van der Waals surface area (Å²) in [5.41, 5.74) is 6.80. The van der Waals surface area contributed by atoms with Gasteiger partial charge in [-0.05, 0) is 74.6 Å². The fraction of sp³-hybridized carbons (Fsp3) is 0.364. The highest BCUT2D eigenvalue weighted by Gasteiger charge is 2.35. The summed E-state index contributed by atoms with van der Waals surface area (Å²) >= 11 is 5.92. The molecule has 142 valence electrons. The molecule has 0 radical (unpaired) electrons. The van der Waals surface area contributed by atoms with Crippen molar-refractivity contribution in [1.82, 2.24) is 5.43 Å². The van der Waals surface area contributed by atoms with Crippen molar-refractivity contribution >= 4 is 29.4 Å². The first-order valence-electron chi connectivity index (χ1n) is 9.32. The standard InChI is InChI=1S/C22H26ClN3O/c1-5-26-20-10-9-16(11-19(20)15(2)13-22(26,3)4)14-24-25-21(27)17-7-6-8-18(23)12-17/h6-12,14-15H,5,13H2,1-4H3,(H,25,27)/b24-14-. The van der Waals surface area contributed by atoms with Crippen LogP contribution in [0.5, 0.6) is 0 Å². The Bertz CT molecular complexity index is 876. The van der Waals surface area contributed by atoms with Gasteiger partial charge < -0.3 is 4.90 Å². The average Bonchev–Trinajstić information content (AvgIpc) is 2.61. The number of nitrogens with zero attached hydrogens (tertiary/aromatic N) is 2. The number of hydrogen-bond acceptors (Lipinski definition) is 3. The van der Waals surface area contributed by atoms with Crippen LogP contribution in [0.15, 0.2) is 47.6 Å². The molecule has 0 aromatic heterocycles. The van der Waals surface area contributed by atoms with E-state index in [9.17, 15) is 4.79 Å². The van der Waals surface area contributed by atoms with Crippen molar-refractivity contribution in [3.05, 3.63) is 64.2 Å². The SMILES string of the molecule is CCN1c2ccc(/C=N\NC(=O)c3cccc(Cl)c3)cc2C(C)CC1(C)C. The third-order valence-corrected chi connectivity index (χ3v) is 5.43. The minimum atomic E-state index is -0.279. The average molecular weight is 384 g/mol. The Hall–Kier alpha value is -2.33. The molecule has 4 nitrogen and oxygen atoms in total. The molecule has 0 saturated heterocycles. The number of hydrazone groups is 1. The van der Waals surface area contributed by atoms with Crippen molar-refractivity contribution in [2.45, 2.75) is 45.6 Å². The third-order valence-electron chi connectivity index (χ3n) is 5.19. The predicted octanol–water partition coefficient (Wildman–Crippen LogP) is 5.22. The molecule has 1 unspecified atom stereocenters. The van der Waals surface area contributed by atoms with Crippen molar-refractivity contribution in [3.63, 3.8) is 0 Å². The van der Waals surface area contributed by atoms with Gasteiger partial charge >= 0.3 is 0 Å². The van der Waals surface area contributed by atoms with Crippen LogP contribution >= 0.6 is 11.6 Å². The monoisotopic (exact) mass is 383 g/mol. The van der Waals surface area contributed by atoms with Gasteiger partial charge in [0.15, 0.2) is 0 Å². The van der Waals surface area contributed by atoms with E-state index in [0.717, 1.165) is 18.5 Å². The molecule has 5 heteroatoms. The second kappa shape index (κ2) is 7.73. The molecule has 0 saturated carbocycles. The van der Waals surface area contributed by atoms with Gasteiger partial charge in [0, 0.05) is 28.4 Å². The van der Waals surface area contributed by atoms with Gasteiger partial charge in [0.05, 0.1) is 6.21 Å². The van der Waals surface area contributed by atoms with Gasteiger partial charge in [0.25, 0.3) is 5.91 Å². The van der Waals surface area contributed by atoms with Crippen LogP contribution in [-0.2, 0) is 0 Å². The maximum Gasteiger partial charge on any atom is 0.271 e. The largest absolute Gasteiger partial charge is 0.366 e. The molecule has 1 heterocycles. The van der Waals surface area contributed by atoms with E-state index in [1.54, 1.807) is 30.5 Å². The first-order valence-corrected chi connectivity index (χ1v) is 9.70. The van der Waals surface area contributed by atoms with Gasteiger partial charge in [-0.15, -0.1) is 0 Å². The lowest BCUT2D eigenvalue weighted by Gasteiger charge is -2.47. The Morgan fingerprint density at radius 3 is 2.81 bits per heavy atom. The Balaban J connectivity index is 1.76. The highest BCUT2D eigenvalue weighted by Crippen LogP contribution is 2.43. The van der Waals surface area contributed by atoms with E-state index in [1.165, 1.54) is 11.3 Å². The maximum atomic E-state index is 12.1. The lowest BCUT2D eigenvalue weighted by atomic mass is 9.79. The molecule has 0 bridgehead atoms. The molecule has 1 aliphatic heterocycles. The van der Waals surface area contributed by atoms with E-state index in [4.69, 9.17) is 11.6 Å². The van der Waals surface area contributed by atoms with Gasteiger partial charge in [-0.25, -0.2) is 5.43 Å². The number of rotatable bonds is 4. The number of carbonyl (C=O) groups excluding carboxylic acids is 1. The zero-order valence-electron chi connectivity index (χ0n) is 16.3. The number of carbonyl (C=O) groups is 1. The van der Waals surface area contributed by atoms with Crippen LogP contribution < -0.4 is 10.3 Å². The van der Waals surface area contributed by atoms with E-state index in [-0.39, 0.29) is 11.4 Å². The number of anilines is 1. The zero-order chi connectivity index (χ0) is 19.6. The number of nitrogens with one attached hydrogen (secondary N) is 1. The van der Waals surface area contributed by atoms with Crippen LogP contribution in [0.1, 0.15) is 61.5 Å². The number of hydrogen-bond donors (Lipinski definition) is 1. The van der Waals surface area contributed by atoms with Crippen LogP contribution in [-0.4, -0.2) is 24.2 Å². The van der Waals surface area contributed by atoms with Crippen LogP contribution in [0.25, 0.3) is 0 Å². The Morgan fingerprint density at radius 2 is 2.11 bits per heavy atom. The summed E-state index contributed by atoms with van der Waals surface area (Å²) < 4.78 is 0. The normalized spacial score (nSPS) is 18.4. The van der Waals surface area contributed by atoms with E-state index in [2.05, 4.69) is 55.3 Å². The van der Waals surface area contributed by atoms with Crippen molar-refractivity contribution in [3.8, 4) is 0 Å². The maximum absolute atomic E-state index is 12.1. The van der Waals surface area contributed by atoms with E-state index >= 15 is 0 Å². The summed E-state index contributed by atoms with van der Waals surface area (Å²) in [7, 11) is 0. The van der Waals surface area contributed by atoms with E-state index in [0.29, 0.717) is 16.5 Å². The number of fused-ring (bicyclic) bond motifs is 1. The lowest BCUT2D eigenvalue weighted by molar-refractivity contribution is 0.0955. The minimum absolute atomic E-state index is 0.154. The fourth-order valence-corrected chi connectivity index (χ4v) is 4.24. The van der Waals surface area contributed by atoms with Gasteiger partial charge in [0.1, 0.15) is 0 Å². The molecule has 2 aromatic carbocycles. The number of halogens is 1. The molecular weight excluding hydrogens is 358 g/mol. The van der Waals surface area contributed by atoms with Crippen LogP contribution in [0.2, 0.25) is 5.02 Å². The summed E-state index contributed by atoms with van der Waals surface area (Å²) in [6, 6.07) is 13.2. The van der Waals surface area contributed by atoms with Crippen LogP contribution in [0.4, 0.5) is 5.69 Å². The predicted molar refractivity (Wildman–Crippen MR) is 113 cm³/mol. The summed E-state index contributed by atoms with van der Waals surface area (Å²) in [6.07, 6.45) is 2.80. The molecular formula is C22H26ClN3O. The number of amides is 1. The summed E-state index contributed by atoms with van der Waals surface area (Å²) in [6.45, 7) is 10.1. The third kappa shape index (κ3) is 4.16. The smallest absolute Gasteiger partial charge is 0.271 e. The van der Waals surface area contributed by atoms with Crippen LogP contribution in [0, 0.1) is 0 Å². The molecule has 0 fully saturated rings. The van der Waals surface area contributed by atoms with E-state index in [1.807, 2.05) is 6.07 Å². The highest BCUT2D eigenvalue weighted by molar-refractivity contribution is 6.30. The summed E-state index contributed by atoms with van der Waals surface area (Å²) in [4.78, 5) is 14.6. The molecule has 0 spiro atoms. The topological polar surface area (TPSA) is 44.7 Å². The quantitative estimate of drug-likeness (QED) is 0.581. The van der Waals surface area contributed by atoms with Crippen molar-refractivity contribution in [2.24, 2.45) is 5.10 Å². The molecule has 1 N–H and O–H groups in total. The summed E-state index contributed by atoms with van der Waals surface area (Å²) in [5, 5.41) is 4.63. The molecule has 1 amide bonds. The molecule has 3 rings (SSSR count). The Morgan fingerprint density at radius 1 is 1.33 bits per heavy atom. The first-order chi connectivity index (χ1) is 12.8. The molecule has 0 aliphatic carbocycles. The second-order valence-corrected chi connectivity index (χ2v) is 8.13. The van der Waals surface area contributed by atoms with Gasteiger partial charge in [-0.3, -0.25) is 4.79 Å². The Labute approximate surface area is 166 Å². The molecule has 1 atom stereocenters. The number of benzene rings is 2. The second-order valence-electron chi connectivity index (χ2n) is 7.69. The Kier molecular flexibility index (Phi) is 5.56. The van der Waals surface area contributed by atoms with E-state index < -0.39 is 0 Å². The molecule has 1 aliphatic rings.